The SMILES string of the molecule is Bc1ccc(Oc2cccc(OC(F)(F)F)c2)cc1F. The number of rotatable bonds is 3. The summed E-state index contributed by atoms with van der Waals surface area (Å²) in [5, 5.41) is 0. The number of hydrogen-bond acceptors (Lipinski definition) is 2. The average molecular weight is 284 g/mol. The second-order valence-electron chi connectivity index (χ2n) is 4.04. The van der Waals surface area contributed by atoms with Crippen LogP contribution in [-0.2, 0) is 0 Å². The summed E-state index contributed by atoms with van der Waals surface area (Å²) in [6, 6.07) is 9.21. The van der Waals surface area contributed by atoms with E-state index in [1.165, 1.54) is 24.3 Å². The smallest absolute Gasteiger partial charge is 0.457 e. The van der Waals surface area contributed by atoms with Crippen LogP contribution in [0.15, 0.2) is 42.5 Å². The van der Waals surface area contributed by atoms with E-state index in [1.807, 2.05) is 0 Å². The number of halogens is 4. The maximum Gasteiger partial charge on any atom is 0.573 e. The molecule has 20 heavy (non-hydrogen) atoms. The molecule has 0 atom stereocenters. The molecule has 0 aromatic heterocycles. The molecule has 7 heteroatoms. The summed E-state index contributed by atoms with van der Waals surface area (Å²) in [4.78, 5) is 0. The van der Waals surface area contributed by atoms with Crippen LogP contribution in [0.25, 0.3) is 0 Å². The first kappa shape index (κ1) is 14.2. The Hall–Kier alpha value is -2.18. The van der Waals surface area contributed by atoms with E-state index in [9.17, 15) is 17.6 Å². The standard InChI is InChI=1S/C13H9BF4O2/c14-11-5-4-9(7-12(11)15)19-8-2-1-3-10(6-8)20-13(16,17)18/h1-7H,14H2. The minimum atomic E-state index is -4.77. The second kappa shape index (κ2) is 5.44. The van der Waals surface area contributed by atoms with Crippen LogP contribution in [-0.4, -0.2) is 14.2 Å². The molecule has 0 radical (unpaired) electrons. The molecule has 0 aliphatic carbocycles. The summed E-state index contributed by atoms with van der Waals surface area (Å²) in [5.74, 6) is -0.542. The summed E-state index contributed by atoms with van der Waals surface area (Å²) in [5.41, 5.74) is 0.450. The van der Waals surface area contributed by atoms with Crippen molar-refractivity contribution in [3.63, 3.8) is 0 Å². The third kappa shape index (κ3) is 3.91. The van der Waals surface area contributed by atoms with E-state index in [0.717, 1.165) is 18.2 Å². The highest BCUT2D eigenvalue weighted by Crippen LogP contribution is 2.28. The van der Waals surface area contributed by atoms with Gasteiger partial charge in [0.1, 0.15) is 30.9 Å². The van der Waals surface area contributed by atoms with Gasteiger partial charge in [-0.3, -0.25) is 0 Å². The summed E-state index contributed by atoms with van der Waals surface area (Å²) in [6.07, 6.45) is -4.77. The molecule has 0 saturated heterocycles. The van der Waals surface area contributed by atoms with Crippen LogP contribution in [0.1, 0.15) is 0 Å². The number of benzene rings is 2. The van der Waals surface area contributed by atoms with Gasteiger partial charge in [0.25, 0.3) is 0 Å². The zero-order chi connectivity index (χ0) is 14.8. The lowest BCUT2D eigenvalue weighted by atomic mass is 9.96. The molecule has 0 aliphatic heterocycles. The van der Waals surface area contributed by atoms with E-state index in [2.05, 4.69) is 4.74 Å². The third-order valence-electron chi connectivity index (χ3n) is 2.42. The van der Waals surface area contributed by atoms with Gasteiger partial charge in [0.15, 0.2) is 0 Å². The lowest BCUT2D eigenvalue weighted by molar-refractivity contribution is -0.274. The first-order chi connectivity index (χ1) is 9.33. The predicted molar refractivity (Wildman–Crippen MR) is 67.8 cm³/mol. The molecule has 104 valence electrons. The molecular formula is C13H9BF4O2. The second-order valence-corrected chi connectivity index (χ2v) is 4.04. The van der Waals surface area contributed by atoms with Crippen molar-refractivity contribution in [3.8, 4) is 17.2 Å². The number of ether oxygens (including phenoxy) is 2. The van der Waals surface area contributed by atoms with Crippen molar-refractivity contribution < 1.29 is 27.0 Å². The minimum Gasteiger partial charge on any atom is -0.457 e. The van der Waals surface area contributed by atoms with Gasteiger partial charge >= 0.3 is 6.36 Å². The monoisotopic (exact) mass is 284 g/mol. The topological polar surface area (TPSA) is 18.5 Å². The molecule has 0 unspecified atom stereocenters. The molecule has 0 bridgehead atoms. The fraction of sp³-hybridized carbons (Fsp3) is 0.0769. The van der Waals surface area contributed by atoms with Crippen molar-refractivity contribution in [1.82, 2.24) is 0 Å². The Balaban J connectivity index is 2.17. The summed E-state index contributed by atoms with van der Waals surface area (Å²) in [7, 11) is 1.59. The summed E-state index contributed by atoms with van der Waals surface area (Å²) < 4.78 is 58.6. The average Bonchev–Trinajstić information content (AvgIpc) is 2.32. The van der Waals surface area contributed by atoms with E-state index in [4.69, 9.17) is 4.74 Å². The van der Waals surface area contributed by atoms with Gasteiger partial charge in [-0.1, -0.05) is 17.6 Å². The van der Waals surface area contributed by atoms with Crippen molar-refractivity contribution in [1.29, 1.82) is 0 Å². The molecule has 2 aromatic carbocycles. The normalized spacial score (nSPS) is 11.2. The Labute approximate surface area is 113 Å². The van der Waals surface area contributed by atoms with E-state index in [-0.39, 0.29) is 11.5 Å². The van der Waals surface area contributed by atoms with Crippen LogP contribution in [0, 0.1) is 5.82 Å². The molecule has 0 fully saturated rings. The van der Waals surface area contributed by atoms with E-state index >= 15 is 0 Å². The number of hydrogen-bond donors (Lipinski definition) is 0. The van der Waals surface area contributed by atoms with Crippen LogP contribution < -0.4 is 14.9 Å². The van der Waals surface area contributed by atoms with Crippen molar-refractivity contribution >= 4 is 13.3 Å². The quantitative estimate of drug-likeness (QED) is 0.637. The molecule has 0 N–H and O–H groups in total. The Morgan fingerprint density at radius 2 is 1.55 bits per heavy atom. The fourth-order valence-corrected chi connectivity index (χ4v) is 1.51. The lowest BCUT2D eigenvalue weighted by Gasteiger charge is -2.11. The van der Waals surface area contributed by atoms with Crippen molar-refractivity contribution in [3.05, 3.63) is 48.3 Å². The fourth-order valence-electron chi connectivity index (χ4n) is 1.51. The highest BCUT2D eigenvalue weighted by atomic mass is 19.4. The molecule has 0 spiro atoms. The van der Waals surface area contributed by atoms with Gasteiger partial charge in [0.2, 0.25) is 0 Å². The molecule has 0 aliphatic rings. The molecular weight excluding hydrogens is 275 g/mol. The highest BCUT2D eigenvalue weighted by molar-refractivity contribution is 6.32. The van der Waals surface area contributed by atoms with Crippen LogP contribution in [0.2, 0.25) is 0 Å². The van der Waals surface area contributed by atoms with Crippen LogP contribution in [0.3, 0.4) is 0 Å². The zero-order valence-electron chi connectivity index (χ0n) is 10.4. The molecule has 2 rings (SSSR count). The minimum absolute atomic E-state index is 0.120. The van der Waals surface area contributed by atoms with Gasteiger partial charge in [-0.15, -0.1) is 13.2 Å². The first-order valence-electron chi connectivity index (χ1n) is 5.63. The zero-order valence-corrected chi connectivity index (χ0v) is 10.4. The van der Waals surface area contributed by atoms with Crippen LogP contribution in [0.4, 0.5) is 17.6 Å². The maximum atomic E-state index is 13.3. The molecule has 0 heterocycles. The van der Waals surface area contributed by atoms with Crippen molar-refractivity contribution in [2.45, 2.75) is 6.36 Å². The molecule has 2 nitrogen and oxygen atoms in total. The number of alkyl halides is 3. The molecule has 2 aromatic rings. The van der Waals surface area contributed by atoms with Gasteiger partial charge in [0.05, 0.1) is 0 Å². The van der Waals surface area contributed by atoms with Crippen LogP contribution in [0.5, 0.6) is 17.2 Å². The van der Waals surface area contributed by atoms with Gasteiger partial charge in [-0.25, -0.2) is 4.39 Å². The Bertz CT molecular complexity index is 614. The Morgan fingerprint density at radius 1 is 0.900 bits per heavy atom. The van der Waals surface area contributed by atoms with Gasteiger partial charge in [0, 0.05) is 12.1 Å². The van der Waals surface area contributed by atoms with E-state index < -0.39 is 17.9 Å². The summed E-state index contributed by atoms with van der Waals surface area (Å²) in [6.45, 7) is 0. The Kier molecular flexibility index (Phi) is 3.87. The molecule has 0 amide bonds. The van der Waals surface area contributed by atoms with Crippen molar-refractivity contribution in [2.24, 2.45) is 0 Å². The van der Waals surface area contributed by atoms with Gasteiger partial charge in [-0.05, 0) is 18.2 Å². The summed E-state index contributed by atoms with van der Waals surface area (Å²) >= 11 is 0. The first-order valence-corrected chi connectivity index (χ1v) is 5.63. The van der Waals surface area contributed by atoms with Gasteiger partial charge in [-0.2, -0.15) is 0 Å². The largest absolute Gasteiger partial charge is 0.573 e. The van der Waals surface area contributed by atoms with Gasteiger partial charge < -0.3 is 9.47 Å². The van der Waals surface area contributed by atoms with E-state index in [0.29, 0.717) is 5.46 Å². The van der Waals surface area contributed by atoms with Crippen LogP contribution >= 0.6 is 0 Å². The maximum absolute atomic E-state index is 13.3. The lowest BCUT2D eigenvalue weighted by Crippen LogP contribution is -2.17. The third-order valence-corrected chi connectivity index (χ3v) is 2.42. The Morgan fingerprint density at radius 3 is 2.20 bits per heavy atom. The molecule has 0 saturated carbocycles. The highest BCUT2D eigenvalue weighted by Gasteiger charge is 2.31. The predicted octanol–water partition coefficient (Wildman–Crippen LogP) is 2.78. The van der Waals surface area contributed by atoms with Crippen molar-refractivity contribution in [2.75, 3.05) is 0 Å². The van der Waals surface area contributed by atoms with E-state index in [1.54, 1.807) is 7.85 Å².